The summed E-state index contributed by atoms with van der Waals surface area (Å²) >= 11 is 0. The summed E-state index contributed by atoms with van der Waals surface area (Å²) in [6.45, 7) is 2.31. The third kappa shape index (κ3) is 16.6. The van der Waals surface area contributed by atoms with E-state index in [1.807, 2.05) is 0 Å². The topological polar surface area (TPSA) is 210 Å². The highest BCUT2D eigenvalue weighted by atomic mass is 16.4. The minimum absolute atomic E-state index is 0.0104. The molecule has 11 heteroatoms. The Balaban J connectivity index is 0. The molecule has 34 heavy (non-hydrogen) atoms. The third-order valence-electron chi connectivity index (χ3n) is 4.51. The second-order valence-corrected chi connectivity index (χ2v) is 7.33. The molecule has 0 atom stereocenters. The molecule has 0 saturated heterocycles. The average Bonchev–Trinajstić information content (AvgIpc) is 2.79. The van der Waals surface area contributed by atoms with Crippen molar-refractivity contribution in [3.8, 4) is 0 Å². The van der Waals surface area contributed by atoms with E-state index in [2.05, 4.69) is 6.92 Å². The van der Waals surface area contributed by atoms with Crippen LogP contribution in [0.3, 0.4) is 0 Å². The largest absolute Gasteiger partial charge is 0.481 e. The van der Waals surface area contributed by atoms with Crippen LogP contribution in [0.4, 0.5) is 0 Å². The highest BCUT2D eigenvalue weighted by molar-refractivity contribution is 6.03. The van der Waals surface area contributed by atoms with Crippen molar-refractivity contribution in [3.05, 3.63) is 34.9 Å². The van der Waals surface area contributed by atoms with Crippen molar-refractivity contribution in [1.29, 1.82) is 0 Å². The van der Waals surface area contributed by atoms with Gasteiger partial charge in [-0.15, -0.1) is 0 Å². The van der Waals surface area contributed by atoms with E-state index in [-0.39, 0.29) is 31.3 Å². The molecule has 0 aliphatic heterocycles. The molecule has 0 heterocycles. The van der Waals surface area contributed by atoms with Gasteiger partial charge in [0.05, 0.1) is 16.7 Å². The van der Waals surface area contributed by atoms with Crippen LogP contribution in [0.25, 0.3) is 0 Å². The zero-order valence-electron chi connectivity index (χ0n) is 19.4. The molecule has 0 radical (unpaired) electrons. The summed E-state index contributed by atoms with van der Waals surface area (Å²) in [5, 5.41) is 59.5. The minimum atomic E-state index is -1.48. The Bertz CT molecular complexity index is 742. The maximum absolute atomic E-state index is 10.6. The SMILES string of the molecule is CCCCCCCC(=O)O.O=C(O)c1ccc(C(=O)O)c(C(=O)O)c1.OCCCC(CO)CO. The van der Waals surface area contributed by atoms with E-state index >= 15 is 0 Å². The molecule has 0 unspecified atom stereocenters. The lowest BCUT2D eigenvalue weighted by Gasteiger charge is -2.07. The number of aliphatic hydroxyl groups excluding tert-OH is 3. The van der Waals surface area contributed by atoms with E-state index in [1.165, 1.54) is 19.3 Å². The predicted octanol–water partition coefficient (Wildman–Crippen LogP) is 2.57. The van der Waals surface area contributed by atoms with E-state index in [4.69, 9.17) is 35.7 Å². The molecule has 7 N–H and O–H groups in total. The van der Waals surface area contributed by atoms with Crippen molar-refractivity contribution >= 4 is 23.9 Å². The summed E-state index contributed by atoms with van der Waals surface area (Å²) in [5.74, 6) is -4.91. The van der Waals surface area contributed by atoms with E-state index in [9.17, 15) is 19.2 Å². The standard InChI is InChI=1S/C9H6O6.C8H16O2.C6H14O3/c10-7(11)4-1-2-5(8(12)13)6(3-4)9(14)15;1-2-3-4-5-6-7-8(9)10;7-3-1-2-6(4-8)5-9/h1-3H,(H,10,11)(H,12,13)(H,14,15);2-7H2,1H3,(H,9,10);6-9H,1-5H2. The summed E-state index contributed by atoms with van der Waals surface area (Å²) in [6, 6.07) is 2.81. The first kappa shape index (κ1) is 33.2. The number of rotatable bonds is 14. The van der Waals surface area contributed by atoms with Crippen LogP contribution in [0.5, 0.6) is 0 Å². The number of aliphatic carboxylic acids is 1. The fraction of sp³-hybridized carbons (Fsp3) is 0.565. The smallest absolute Gasteiger partial charge is 0.336 e. The first-order valence-corrected chi connectivity index (χ1v) is 10.9. The zero-order valence-corrected chi connectivity index (χ0v) is 19.4. The number of carboxylic acids is 4. The minimum Gasteiger partial charge on any atom is -0.481 e. The number of carboxylic acid groups (broad SMARTS) is 4. The van der Waals surface area contributed by atoms with Gasteiger partial charge < -0.3 is 35.7 Å². The average molecular weight is 489 g/mol. The zero-order chi connectivity index (χ0) is 26.5. The van der Waals surface area contributed by atoms with Crippen LogP contribution in [-0.2, 0) is 4.79 Å². The molecule has 1 aromatic rings. The molecule has 0 amide bonds. The van der Waals surface area contributed by atoms with Crippen LogP contribution in [0.1, 0.15) is 89.4 Å². The Labute approximate surface area is 198 Å². The summed E-state index contributed by atoms with van der Waals surface area (Å²) < 4.78 is 0. The number of aliphatic hydroxyl groups is 3. The van der Waals surface area contributed by atoms with E-state index < -0.39 is 35.0 Å². The molecular formula is C23H36O11. The number of benzene rings is 1. The summed E-state index contributed by atoms with van der Waals surface area (Å²) in [5.41, 5.74) is -1.24. The van der Waals surface area contributed by atoms with Crippen molar-refractivity contribution in [2.75, 3.05) is 19.8 Å². The highest BCUT2D eigenvalue weighted by Crippen LogP contribution is 2.12. The number of carbonyl (C=O) groups is 4. The Morgan fingerprint density at radius 1 is 0.735 bits per heavy atom. The van der Waals surface area contributed by atoms with Gasteiger partial charge in [-0.2, -0.15) is 0 Å². The molecule has 0 spiro atoms. The second kappa shape index (κ2) is 20.6. The van der Waals surface area contributed by atoms with Gasteiger partial charge in [-0.1, -0.05) is 32.6 Å². The lowest BCUT2D eigenvalue weighted by Crippen LogP contribution is -2.11. The third-order valence-corrected chi connectivity index (χ3v) is 4.51. The molecule has 0 fully saturated rings. The molecule has 0 aromatic heterocycles. The monoisotopic (exact) mass is 488 g/mol. The number of hydrogen-bond acceptors (Lipinski definition) is 7. The van der Waals surface area contributed by atoms with Crippen molar-refractivity contribution in [1.82, 2.24) is 0 Å². The molecule has 194 valence electrons. The number of aromatic carboxylic acids is 3. The summed E-state index contributed by atoms with van der Waals surface area (Å²) in [6.07, 6.45) is 7.24. The van der Waals surface area contributed by atoms with Crippen molar-refractivity contribution < 1.29 is 54.9 Å². The first-order chi connectivity index (χ1) is 16.0. The van der Waals surface area contributed by atoms with Gasteiger partial charge in [0, 0.05) is 32.2 Å². The van der Waals surface area contributed by atoms with Gasteiger partial charge in [0.15, 0.2) is 0 Å². The maximum atomic E-state index is 10.6. The molecule has 0 aliphatic rings. The fourth-order valence-electron chi connectivity index (χ4n) is 2.54. The van der Waals surface area contributed by atoms with Crippen LogP contribution in [0.2, 0.25) is 0 Å². The lowest BCUT2D eigenvalue weighted by atomic mass is 10.0. The van der Waals surface area contributed by atoms with Gasteiger partial charge >= 0.3 is 23.9 Å². The van der Waals surface area contributed by atoms with Crippen molar-refractivity contribution in [3.63, 3.8) is 0 Å². The van der Waals surface area contributed by atoms with E-state index in [0.29, 0.717) is 19.3 Å². The number of hydrogen-bond donors (Lipinski definition) is 7. The normalized spacial score (nSPS) is 9.91. The van der Waals surface area contributed by atoms with Gasteiger partial charge in [-0.05, 0) is 37.5 Å². The van der Waals surface area contributed by atoms with Crippen LogP contribution in [-0.4, -0.2) is 79.4 Å². The second-order valence-electron chi connectivity index (χ2n) is 7.33. The van der Waals surface area contributed by atoms with Gasteiger partial charge in [0.1, 0.15) is 0 Å². The molecule has 1 aromatic carbocycles. The lowest BCUT2D eigenvalue weighted by molar-refractivity contribution is -0.137. The summed E-state index contributed by atoms with van der Waals surface area (Å²) in [4.78, 5) is 41.8. The van der Waals surface area contributed by atoms with Crippen LogP contribution in [0, 0.1) is 5.92 Å². The Morgan fingerprint density at radius 2 is 1.29 bits per heavy atom. The van der Waals surface area contributed by atoms with Crippen molar-refractivity contribution in [2.24, 2.45) is 5.92 Å². The molecular weight excluding hydrogens is 452 g/mol. The fourth-order valence-corrected chi connectivity index (χ4v) is 2.54. The number of unbranched alkanes of at least 4 members (excludes halogenated alkanes) is 4. The molecule has 0 saturated carbocycles. The molecule has 1 rings (SSSR count). The van der Waals surface area contributed by atoms with Gasteiger partial charge in [-0.3, -0.25) is 4.79 Å². The Morgan fingerprint density at radius 3 is 1.71 bits per heavy atom. The molecule has 11 nitrogen and oxygen atoms in total. The van der Waals surface area contributed by atoms with Crippen LogP contribution in [0.15, 0.2) is 18.2 Å². The molecule has 0 bridgehead atoms. The maximum Gasteiger partial charge on any atom is 0.336 e. The van der Waals surface area contributed by atoms with Gasteiger partial charge in [0.25, 0.3) is 0 Å². The van der Waals surface area contributed by atoms with Crippen LogP contribution < -0.4 is 0 Å². The Hall–Kier alpha value is -3.02. The van der Waals surface area contributed by atoms with Gasteiger partial charge in [-0.25, -0.2) is 14.4 Å². The van der Waals surface area contributed by atoms with Crippen LogP contribution >= 0.6 is 0 Å². The highest BCUT2D eigenvalue weighted by Gasteiger charge is 2.17. The van der Waals surface area contributed by atoms with E-state index in [0.717, 1.165) is 31.0 Å². The predicted molar refractivity (Wildman–Crippen MR) is 122 cm³/mol. The van der Waals surface area contributed by atoms with Gasteiger partial charge in [0.2, 0.25) is 0 Å². The molecule has 0 aliphatic carbocycles. The summed E-state index contributed by atoms with van der Waals surface area (Å²) in [7, 11) is 0. The van der Waals surface area contributed by atoms with Crippen molar-refractivity contribution in [2.45, 2.75) is 58.3 Å². The first-order valence-electron chi connectivity index (χ1n) is 10.9. The van der Waals surface area contributed by atoms with E-state index in [1.54, 1.807) is 0 Å². The quantitative estimate of drug-likeness (QED) is 0.189. The Kier molecular flexibility index (Phi) is 20.1.